The van der Waals surface area contributed by atoms with Crippen LogP contribution in [0.25, 0.3) is 0 Å². The lowest BCUT2D eigenvalue weighted by molar-refractivity contribution is 0.352. The largest absolute Gasteiger partial charge is 0.424 e. The minimum atomic E-state index is -0.203. The molecule has 2 heterocycles. The van der Waals surface area contributed by atoms with Crippen molar-refractivity contribution < 1.29 is 4.42 Å². The second kappa shape index (κ2) is 5.38. The first kappa shape index (κ1) is 14.1. The smallest absolute Gasteiger partial charge is 0.230 e. The number of hydrogen-bond acceptors (Lipinski definition) is 6. The van der Waals surface area contributed by atoms with Crippen LogP contribution < -0.4 is 5.32 Å². The van der Waals surface area contributed by atoms with Crippen molar-refractivity contribution in [3.05, 3.63) is 27.9 Å². The van der Waals surface area contributed by atoms with Crippen LogP contribution in [0, 0.1) is 6.92 Å². The Balaban J connectivity index is 2.00. The van der Waals surface area contributed by atoms with Crippen molar-refractivity contribution in [3.63, 3.8) is 0 Å². The third-order valence-electron chi connectivity index (χ3n) is 2.81. The third kappa shape index (κ3) is 3.39. The Morgan fingerprint density at radius 1 is 1.37 bits per heavy atom. The minimum absolute atomic E-state index is 0.203. The molecule has 0 aliphatic heterocycles. The average Bonchev–Trinajstić information content (AvgIpc) is 2.95. The summed E-state index contributed by atoms with van der Waals surface area (Å²) in [6, 6.07) is 0. The molecule has 0 radical (unpaired) electrons. The number of nitrogens with one attached hydrogen (secondary N) is 1. The third-order valence-corrected chi connectivity index (χ3v) is 4.10. The van der Waals surface area contributed by atoms with Crippen LogP contribution in [0.2, 0.25) is 0 Å². The van der Waals surface area contributed by atoms with Gasteiger partial charge in [0.15, 0.2) is 0 Å². The fraction of sp³-hybridized carbons (Fsp3) is 0.615. The number of nitrogens with zero attached hydrogens (tertiary/aromatic N) is 3. The van der Waals surface area contributed by atoms with Gasteiger partial charge in [-0.05, 0) is 20.8 Å². The van der Waals surface area contributed by atoms with E-state index in [9.17, 15) is 0 Å². The highest BCUT2D eigenvalue weighted by molar-refractivity contribution is 7.09. The molecule has 19 heavy (non-hydrogen) atoms. The summed E-state index contributed by atoms with van der Waals surface area (Å²) >= 11 is 1.66. The first-order valence-electron chi connectivity index (χ1n) is 6.38. The van der Waals surface area contributed by atoms with E-state index < -0.39 is 0 Å². The van der Waals surface area contributed by atoms with Crippen LogP contribution >= 0.6 is 11.3 Å². The van der Waals surface area contributed by atoms with Crippen molar-refractivity contribution in [3.8, 4) is 0 Å². The zero-order chi connectivity index (χ0) is 14.0. The average molecular weight is 280 g/mol. The van der Waals surface area contributed by atoms with Gasteiger partial charge in [-0.15, -0.1) is 21.5 Å². The molecule has 6 heteroatoms. The molecule has 2 aromatic rings. The number of aryl methyl sites for hydroxylation is 1. The molecule has 0 saturated carbocycles. The Kier molecular flexibility index (Phi) is 4.01. The van der Waals surface area contributed by atoms with E-state index in [0.29, 0.717) is 18.3 Å². The van der Waals surface area contributed by atoms with Crippen molar-refractivity contribution in [2.24, 2.45) is 0 Å². The predicted molar refractivity (Wildman–Crippen MR) is 75.1 cm³/mol. The molecule has 0 aliphatic carbocycles. The van der Waals surface area contributed by atoms with Gasteiger partial charge in [-0.3, -0.25) is 5.32 Å². The normalized spacial score (nSPS) is 12.3. The standard InChI is InChI=1S/C13H20N4OS/c1-8(2)11-17-16-10(18-11)6-14-13(4,5)12-15-9(3)7-19-12/h7-8,14H,6H2,1-5H3. The summed E-state index contributed by atoms with van der Waals surface area (Å²) in [5, 5.41) is 14.6. The van der Waals surface area contributed by atoms with E-state index in [-0.39, 0.29) is 11.5 Å². The van der Waals surface area contributed by atoms with Gasteiger partial charge >= 0.3 is 0 Å². The lowest BCUT2D eigenvalue weighted by atomic mass is 10.1. The highest BCUT2D eigenvalue weighted by Crippen LogP contribution is 2.24. The Morgan fingerprint density at radius 2 is 2.11 bits per heavy atom. The van der Waals surface area contributed by atoms with Crippen LogP contribution in [0.4, 0.5) is 0 Å². The van der Waals surface area contributed by atoms with E-state index >= 15 is 0 Å². The highest BCUT2D eigenvalue weighted by atomic mass is 32.1. The van der Waals surface area contributed by atoms with Crippen molar-refractivity contribution in [1.82, 2.24) is 20.5 Å². The van der Waals surface area contributed by atoms with Crippen molar-refractivity contribution in [1.29, 1.82) is 0 Å². The minimum Gasteiger partial charge on any atom is -0.424 e. The molecule has 0 amide bonds. The fourth-order valence-electron chi connectivity index (χ4n) is 1.58. The van der Waals surface area contributed by atoms with Gasteiger partial charge in [-0.2, -0.15) is 0 Å². The quantitative estimate of drug-likeness (QED) is 0.912. The molecular formula is C13H20N4OS. The molecule has 0 spiro atoms. The summed E-state index contributed by atoms with van der Waals surface area (Å²) in [4.78, 5) is 4.52. The molecule has 5 nitrogen and oxygen atoms in total. The van der Waals surface area contributed by atoms with Crippen molar-refractivity contribution >= 4 is 11.3 Å². The molecule has 0 atom stereocenters. The summed E-state index contributed by atoms with van der Waals surface area (Å²) in [7, 11) is 0. The molecule has 0 aromatic carbocycles. The van der Waals surface area contributed by atoms with Gasteiger partial charge in [0.05, 0.1) is 12.1 Å². The molecule has 2 rings (SSSR count). The second-order valence-corrected chi connectivity index (χ2v) is 6.32. The summed E-state index contributed by atoms with van der Waals surface area (Å²) in [5.41, 5.74) is 0.848. The molecule has 0 fully saturated rings. The molecule has 104 valence electrons. The molecule has 0 unspecified atom stereocenters. The monoisotopic (exact) mass is 280 g/mol. The molecular weight excluding hydrogens is 260 g/mol. The van der Waals surface area contributed by atoms with Gasteiger partial charge in [0.1, 0.15) is 5.01 Å². The molecule has 1 N–H and O–H groups in total. The first-order valence-corrected chi connectivity index (χ1v) is 7.26. The van der Waals surface area contributed by atoms with Crippen LogP contribution in [0.1, 0.15) is 56.1 Å². The van der Waals surface area contributed by atoms with Crippen LogP contribution in [-0.2, 0) is 12.1 Å². The summed E-state index contributed by atoms with van der Waals surface area (Å²) in [5.74, 6) is 1.56. The Morgan fingerprint density at radius 3 is 2.63 bits per heavy atom. The van der Waals surface area contributed by atoms with Crippen LogP contribution in [-0.4, -0.2) is 15.2 Å². The fourth-order valence-corrected chi connectivity index (χ4v) is 2.48. The van der Waals surface area contributed by atoms with E-state index in [1.807, 2.05) is 20.8 Å². The van der Waals surface area contributed by atoms with Crippen LogP contribution in [0.5, 0.6) is 0 Å². The van der Waals surface area contributed by atoms with Gasteiger partial charge in [-0.1, -0.05) is 13.8 Å². The van der Waals surface area contributed by atoms with Gasteiger partial charge in [0.25, 0.3) is 0 Å². The van der Waals surface area contributed by atoms with Crippen molar-refractivity contribution in [2.45, 2.75) is 52.6 Å². The molecule has 2 aromatic heterocycles. The van der Waals surface area contributed by atoms with E-state index in [1.165, 1.54) is 0 Å². The number of rotatable bonds is 5. The Labute approximate surface area is 117 Å². The second-order valence-electron chi connectivity index (χ2n) is 5.46. The first-order chi connectivity index (χ1) is 8.88. The number of hydrogen-bond donors (Lipinski definition) is 1. The maximum absolute atomic E-state index is 5.58. The van der Waals surface area contributed by atoms with E-state index in [0.717, 1.165) is 10.7 Å². The molecule has 0 aliphatic rings. The van der Waals surface area contributed by atoms with Gasteiger partial charge in [-0.25, -0.2) is 4.98 Å². The maximum Gasteiger partial charge on any atom is 0.230 e. The van der Waals surface area contributed by atoms with E-state index in [4.69, 9.17) is 4.42 Å². The van der Waals surface area contributed by atoms with E-state index in [2.05, 4.69) is 39.7 Å². The highest BCUT2D eigenvalue weighted by Gasteiger charge is 2.24. The van der Waals surface area contributed by atoms with Gasteiger partial charge in [0.2, 0.25) is 11.8 Å². The number of thiazole rings is 1. The number of aromatic nitrogens is 3. The molecule has 0 bridgehead atoms. The summed E-state index contributed by atoms with van der Waals surface area (Å²) in [6.45, 7) is 10.8. The SMILES string of the molecule is Cc1csc(C(C)(C)NCc2nnc(C(C)C)o2)n1. The lowest BCUT2D eigenvalue weighted by Gasteiger charge is -2.22. The summed E-state index contributed by atoms with van der Waals surface area (Å²) in [6.07, 6.45) is 0. The summed E-state index contributed by atoms with van der Waals surface area (Å²) < 4.78 is 5.58. The Bertz CT molecular complexity index is 544. The molecule has 0 saturated heterocycles. The zero-order valence-electron chi connectivity index (χ0n) is 12.0. The van der Waals surface area contributed by atoms with Gasteiger partial charge < -0.3 is 4.42 Å². The Hall–Kier alpha value is -1.27. The zero-order valence-corrected chi connectivity index (χ0v) is 12.8. The van der Waals surface area contributed by atoms with E-state index in [1.54, 1.807) is 11.3 Å². The lowest BCUT2D eigenvalue weighted by Crippen LogP contribution is -2.36. The van der Waals surface area contributed by atoms with Crippen LogP contribution in [0.15, 0.2) is 9.80 Å². The van der Waals surface area contributed by atoms with Crippen molar-refractivity contribution in [2.75, 3.05) is 0 Å². The van der Waals surface area contributed by atoms with Gasteiger partial charge in [0, 0.05) is 17.0 Å². The topological polar surface area (TPSA) is 63.8 Å². The maximum atomic E-state index is 5.58. The predicted octanol–water partition coefficient (Wildman–Crippen LogP) is 2.98. The van der Waals surface area contributed by atoms with Crippen LogP contribution in [0.3, 0.4) is 0 Å².